The summed E-state index contributed by atoms with van der Waals surface area (Å²) in [6.07, 6.45) is -3.60. The van der Waals surface area contributed by atoms with Gasteiger partial charge in [0.15, 0.2) is 5.82 Å². The molecule has 0 atom stereocenters. The highest BCUT2D eigenvalue weighted by molar-refractivity contribution is 6.35. The Labute approximate surface area is 232 Å². The molecule has 4 N–H and O–H groups in total. The Balaban J connectivity index is 1.46. The van der Waals surface area contributed by atoms with Crippen molar-refractivity contribution in [2.75, 3.05) is 42.7 Å². The Morgan fingerprint density at radius 3 is 2.39 bits per heavy atom. The summed E-state index contributed by atoms with van der Waals surface area (Å²) in [4.78, 5) is 18.3. The monoisotopic (exact) mass is 599 g/mol. The zero-order chi connectivity index (χ0) is 29.5. The topological polar surface area (TPSA) is 110 Å². The molecule has 2 amide bonds. The number of aromatic nitrogens is 3. The number of nitrogen functional groups attached to an aromatic ring is 1. The lowest BCUT2D eigenvalue weighted by atomic mass is 10.0. The average Bonchev–Trinajstić information content (AvgIpc) is 3.19. The Morgan fingerprint density at radius 2 is 1.71 bits per heavy atom. The third-order valence-corrected chi connectivity index (χ3v) is 6.78. The lowest BCUT2D eigenvalue weighted by Crippen LogP contribution is -2.36. The number of carbonyl (C=O) groups is 1. The molecule has 3 heterocycles. The van der Waals surface area contributed by atoms with Gasteiger partial charge in [-0.1, -0.05) is 11.6 Å². The fraction of sp³-hybridized carbons (Fsp3) is 0.240. The number of fused-ring (bicyclic) bond motifs is 1. The van der Waals surface area contributed by atoms with Crippen LogP contribution in [-0.4, -0.2) is 51.8 Å². The lowest BCUT2D eigenvalue weighted by molar-refractivity contribution is -0.137. The number of nitrogens with two attached hydrogens (primary N) is 1. The zero-order valence-electron chi connectivity index (χ0n) is 20.8. The molecule has 2 aromatic carbocycles. The number of halogens is 7. The zero-order valence-corrected chi connectivity index (χ0v) is 21.6. The van der Waals surface area contributed by atoms with Crippen molar-refractivity contribution in [2.45, 2.75) is 12.7 Å². The number of morpholine rings is 1. The van der Waals surface area contributed by atoms with E-state index in [4.69, 9.17) is 22.1 Å². The van der Waals surface area contributed by atoms with Gasteiger partial charge in [-0.15, -0.1) is 0 Å². The van der Waals surface area contributed by atoms with Crippen LogP contribution in [0.15, 0.2) is 36.7 Å². The Bertz CT molecular complexity index is 1640. The molecule has 0 bridgehead atoms. The smallest absolute Gasteiger partial charge is 0.382 e. The van der Waals surface area contributed by atoms with Gasteiger partial charge in [0.2, 0.25) is 0 Å². The van der Waals surface area contributed by atoms with Crippen LogP contribution in [0.3, 0.4) is 0 Å². The molecule has 0 aliphatic carbocycles. The quantitative estimate of drug-likeness (QED) is 0.260. The molecule has 16 heteroatoms. The highest BCUT2D eigenvalue weighted by Gasteiger charge is 2.31. The molecule has 9 nitrogen and oxygen atoms in total. The summed E-state index contributed by atoms with van der Waals surface area (Å²) in [5.74, 6) is -3.36. The molecule has 0 radical (unpaired) electrons. The molecule has 0 unspecified atom stereocenters. The molecule has 2 aromatic heterocycles. The van der Waals surface area contributed by atoms with Crippen molar-refractivity contribution in [1.82, 2.24) is 19.5 Å². The molecular formula is C25H20ClF6N7O2. The lowest BCUT2D eigenvalue weighted by Gasteiger charge is -2.26. The predicted octanol–water partition coefficient (Wildman–Crippen LogP) is 5.54. The van der Waals surface area contributed by atoms with Crippen LogP contribution in [0.2, 0.25) is 5.02 Å². The van der Waals surface area contributed by atoms with Crippen LogP contribution >= 0.6 is 11.6 Å². The molecule has 0 saturated carbocycles. The van der Waals surface area contributed by atoms with Gasteiger partial charge in [0.1, 0.15) is 29.3 Å². The molecule has 216 valence electrons. The van der Waals surface area contributed by atoms with Crippen molar-refractivity contribution >= 4 is 40.3 Å². The Hall–Kier alpha value is -4.08. The molecule has 1 fully saturated rings. The van der Waals surface area contributed by atoms with Gasteiger partial charge < -0.3 is 21.1 Å². The van der Waals surface area contributed by atoms with Crippen LogP contribution in [0, 0.1) is 17.5 Å². The van der Waals surface area contributed by atoms with Crippen molar-refractivity contribution in [3.05, 3.63) is 70.4 Å². The Morgan fingerprint density at radius 1 is 1.02 bits per heavy atom. The number of alkyl halides is 3. The first-order valence-electron chi connectivity index (χ1n) is 12.0. The largest absolute Gasteiger partial charge is 0.416 e. The minimum absolute atomic E-state index is 0.0199. The first kappa shape index (κ1) is 28.4. The Kier molecular flexibility index (Phi) is 7.68. The summed E-state index contributed by atoms with van der Waals surface area (Å²) >= 11 is 6.69. The van der Waals surface area contributed by atoms with Gasteiger partial charge in [-0.3, -0.25) is 4.90 Å². The third-order valence-electron chi connectivity index (χ3n) is 6.38. The van der Waals surface area contributed by atoms with Crippen LogP contribution in [0.4, 0.5) is 48.3 Å². The second-order valence-electron chi connectivity index (χ2n) is 9.01. The first-order valence-corrected chi connectivity index (χ1v) is 12.4. The molecule has 0 spiro atoms. The van der Waals surface area contributed by atoms with E-state index in [9.17, 15) is 22.4 Å². The number of benzene rings is 2. The molecule has 41 heavy (non-hydrogen) atoms. The number of nitrogens with zero attached hydrogens (tertiary/aromatic N) is 4. The van der Waals surface area contributed by atoms with E-state index >= 15 is 8.78 Å². The van der Waals surface area contributed by atoms with Crippen molar-refractivity contribution in [1.29, 1.82) is 0 Å². The molecule has 1 aliphatic heterocycles. The maximum Gasteiger partial charge on any atom is 0.416 e. The molecule has 5 rings (SSSR count). The average molecular weight is 600 g/mol. The molecular weight excluding hydrogens is 580 g/mol. The second-order valence-corrected chi connectivity index (χ2v) is 9.39. The van der Waals surface area contributed by atoms with Crippen molar-refractivity contribution in [2.24, 2.45) is 0 Å². The highest BCUT2D eigenvalue weighted by atomic mass is 35.5. The number of ether oxygens (including phenoxy) is 1. The predicted molar refractivity (Wildman–Crippen MR) is 138 cm³/mol. The summed E-state index contributed by atoms with van der Waals surface area (Å²) in [6.45, 7) is 2.53. The molecule has 1 aliphatic rings. The number of carbonyl (C=O) groups excluding carboxylic acids is 1. The van der Waals surface area contributed by atoms with E-state index in [1.165, 1.54) is 10.8 Å². The summed E-state index contributed by atoms with van der Waals surface area (Å²) in [5.41, 5.74) is 3.67. The standard InChI is InChI=1S/C25H20ClF6N7O2/c26-21-19(10-38-3-5-41-6-4-38)39-22(23(33)34-11-35-39)20(21)13-8-16(29)18(9-15(13)28)37-24(40)36-17-7-12(25(30,31)32)1-2-14(17)27/h1-2,7-9,11H,3-6,10H2,(H2,33,34,35)(H2,36,37,40). The van der Waals surface area contributed by atoms with Crippen LogP contribution in [-0.2, 0) is 17.5 Å². The van der Waals surface area contributed by atoms with Gasteiger partial charge in [0, 0.05) is 36.8 Å². The highest BCUT2D eigenvalue weighted by Crippen LogP contribution is 2.41. The van der Waals surface area contributed by atoms with Crippen LogP contribution in [0.5, 0.6) is 0 Å². The van der Waals surface area contributed by atoms with E-state index in [2.05, 4.69) is 10.1 Å². The SMILES string of the molecule is Nc1ncnn2c(CN3CCOCC3)c(Cl)c(-c3cc(F)c(NC(=O)Nc4cc(C(F)(F)F)ccc4F)cc3F)c12. The van der Waals surface area contributed by atoms with E-state index < -0.39 is 46.6 Å². The van der Waals surface area contributed by atoms with E-state index in [-0.39, 0.29) is 27.5 Å². The number of anilines is 3. The van der Waals surface area contributed by atoms with Crippen LogP contribution in [0.1, 0.15) is 11.3 Å². The summed E-state index contributed by atoms with van der Waals surface area (Å²) in [5, 5.41) is 8.08. The van der Waals surface area contributed by atoms with E-state index in [1.54, 1.807) is 0 Å². The number of amides is 2. The third kappa shape index (κ3) is 5.73. The summed E-state index contributed by atoms with van der Waals surface area (Å²) < 4.78 is 90.2. The fourth-order valence-corrected chi connectivity index (χ4v) is 4.74. The number of hydrogen-bond donors (Lipinski definition) is 3. The van der Waals surface area contributed by atoms with Crippen molar-refractivity contribution in [3.63, 3.8) is 0 Å². The van der Waals surface area contributed by atoms with E-state index in [1.807, 2.05) is 15.5 Å². The fourth-order valence-electron chi connectivity index (χ4n) is 4.41. The van der Waals surface area contributed by atoms with Gasteiger partial charge in [-0.2, -0.15) is 18.3 Å². The van der Waals surface area contributed by atoms with Crippen molar-refractivity contribution < 1.29 is 35.9 Å². The van der Waals surface area contributed by atoms with Gasteiger partial charge >= 0.3 is 12.2 Å². The van der Waals surface area contributed by atoms with Crippen molar-refractivity contribution in [3.8, 4) is 11.1 Å². The number of rotatable bonds is 5. The van der Waals surface area contributed by atoms with Gasteiger partial charge in [-0.25, -0.2) is 27.5 Å². The number of nitrogens with one attached hydrogen (secondary N) is 2. The number of hydrogen-bond acceptors (Lipinski definition) is 6. The normalized spacial score (nSPS) is 14.4. The molecule has 1 saturated heterocycles. The van der Waals surface area contributed by atoms with E-state index in [0.717, 1.165) is 6.07 Å². The molecule has 4 aromatic rings. The minimum Gasteiger partial charge on any atom is -0.382 e. The maximum atomic E-state index is 15.4. The van der Waals surface area contributed by atoms with E-state index in [0.29, 0.717) is 62.8 Å². The van der Waals surface area contributed by atoms with Gasteiger partial charge in [-0.05, 0) is 24.3 Å². The van der Waals surface area contributed by atoms with Gasteiger partial charge in [0.05, 0.1) is 40.9 Å². The second kappa shape index (κ2) is 11.1. The van der Waals surface area contributed by atoms with Crippen LogP contribution < -0.4 is 16.4 Å². The summed E-state index contributed by atoms with van der Waals surface area (Å²) in [7, 11) is 0. The summed E-state index contributed by atoms with van der Waals surface area (Å²) in [6, 6.07) is 1.48. The number of urea groups is 1. The maximum absolute atomic E-state index is 15.4. The first-order chi connectivity index (χ1) is 19.4. The van der Waals surface area contributed by atoms with Crippen LogP contribution in [0.25, 0.3) is 16.6 Å². The van der Waals surface area contributed by atoms with Gasteiger partial charge in [0.25, 0.3) is 0 Å². The minimum atomic E-state index is -4.80.